The van der Waals surface area contributed by atoms with E-state index < -0.39 is 35.1 Å². The third-order valence-corrected chi connectivity index (χ3v) is 11.9. The van der Waals surface area contributed by atoms with Crippen molar-refractivity contribution in [2.75, 3.05) is 26.4 Å². The van der Waals surface area contributed by atoms with Crippen LogP contribution in [0.5, 0.6) is 23.0 Å². The number of esters is 4. The lowest BCUT2D eigenvalue weighted by atomic mass is 10.0. The number of ether oxygens (including phenoxy) is 6. The average molecular weight is 975 g/mol. The van der Waals surface area contributed by atoms with Crippen LogP contribution in [0.2, 0.25) is 0 Å². The third kappa shape index (κ3) is 25.9. The molecule has 0 radical (unpaired) electrons. The van der Waals surface area contributed by atoms with Gasteiger partial charge < -0.3 is 28.4 Å². The van der Waals surface area contributed by atoms with E-state index in [0.717, 1.165) is 76.3 Å². The van der Waals surface area contributed by atoms with E-state index >= 15 is 0 Å². The highest BCUT2D eigenvalue weighted by molar-refractivity contribution is 5.92. The van der Waals surface area contributed by atoms with Crippen molar-refractivity contribution in [3.05, 3.63) is 108 Å². The summed E-state index contributed by atoms with van der Waals surface area (Å²) in [4.78, 5) is 48.3. The van der Waals surface area contributed by atoms with E-state index in [-0.39, 0.29) is 23.1 Å². The summed E-state index contributed by atoms with van der Waals surface area (Å²) >= 11 is 0. The molecule has 0 fully saturated rings. The summed E-state index contributed by atoms with van der Waals surface area (Å²) in [7, 11) is 0. The van der Waals surface area contributed by atoms with Crippen molar-refractivity contribution in [3.63, 3.8) is 0 Å². The second-order valence-electron chi connectivity index (χ2n) is 18.2. The van der Waals surface area contributed by atoms with Crippen molar-refractivity contribution in [1.82, 2.24) is 0 Å². The van der Waals surface area contributed by atoms with Crippen LogP contribution in [0.4, 0.5) is 8.78 Å². The molecular weight excluding hydrogens is 895 g/mol. The van der Waals surface area contributed by atoms with Gasteiger partial charge in [-0.05, 0) is 100 Å². The summed E-state index contributed by atoms with van der Waals surface area (Å²) in [5, 5.41) is 0. The standard InChI is InChI=1S/C58H80F2O10/c1-45(2)55(61)67-43-29-25-21-17-13-9-5-7-11-15-19-23-27-41-65-49-35-31-47(32-36-49)57(63)69-51-39-40-52(54(60)53(51)59)70-58(64)48-33-37-50(38-34-48)66-42-28-24-20-16-12-8-6-10-14-18-22-26-30-44-68-56(62)46(3)4/h31-40H,1,3,5-30,41-44H2,2,4H3. The van der Waals surface area contributed by atoms with Crippen LogP contribution in [-0.4, -0.2) is 50.3 Å². The number of rotatable bonds is 40. The molecule has 10 nitrogen and oxygen atoms in total. The number of carbonyl (C=O) groups excluding carboxylic acids is 4. The fourth-order valence-corrected chi connectivity index (χ4v) is 7.62. The Morgan fingerprint density at radius 3 is 0.871 bits per heavy atom. The van der Waals surface area contributed by atoms with Gasteiger partial charge in [-0.25, -0.2) is 19.2 Å². The van der Waals surface area contributed by atoms with Crippen LogP contribution >= 0.6 is 0 Å². The highest BCUT2D eigenvalue weighted by atomic mass is 19.2. The maximum Gasteiger partial charge on any atom is 0.343 e. The molecule has 386 valence electrons. The summed E-state index contributed by atoms with van der Waals surface area (Å²) in [6.45, 7) is 12.5. The van der Waals surface area contributed by atoms with Crippen molar-refractivity contribution in [3.8, 4) is 23.0 Å². The molecule has 0 atom stereocenters. The SMILES string of the molecule is C=C(C)C(=O)OCCCCCCCCCCCCCCCOc1ccc(C(=O)Oc2ccc(OC(=O)c3ccc(OCCCCCCCCCCCCCCCOC(=O)C(=C)C)cc3)c(F)c2F)cc1. The van der Waals surface area contributed by atoms with Crippen LogP contribution in [-0.2, 0) is 19.1 Å². The first-order valence-corrected chi connectivity index (χ1v) is 26.0. The second kappa shape index (κ2) is 36.4. The summed E-state index contributed by atoms with van der Waals surface area (Å²) in [6.07, 6.45) is 30.0. The summed E-state index contributed by atoms with van der Waals surface area (Å²) in [5.41, 5.74) is 1.15. The molecule has 0 N–H and O–H groups in total. The number of unbranched alkanes of at least 4 members (excludes halogenated alkanes) is 24. The molecule has 0 bridgehead atoms. The Hall–Kier alpha value is -5.52. The van der Waals surface area contributed by atoms with E-state index in [9.17, 15) is 28.0 Å². The lowest BCUT2D eigenvalue weighted by molar-refractivity contribution is -0.139. The van der Waals surface area contributed by atoms with Crippen LogP contribution in [0.3, 0.4) is 0 Å². The molecule has 0 unspecified atom stereocenters. The molecule has 0 aliphatic carbocycles. The molecule has 0 heterocycles. The molecule has 0 aliphatic rings. The predicted molar refractivity (Wildman–Crippen MR) is 272 cm³/mol. The van der Waals surface area contributed by atoms with Crippen molar-refractivity contribution >= 4 is 23.9 Å². The Labute approximate surface area is 416 Å². The summed E-state index contributed by atoms with van der Waals surface area (Å²) in [6, 6.07) is 14.6. The zero-order valence-electron chi connectivity index (χ0n) is 42.2. The number of hydrogen-bond donors (Lipinski definition) is 0. The monoisotopic (exact) mass is 975 g/mol. The zero-order valence-corrected chi connectivity index (χ0v) is 42.2. The van der Waals surface area contributed by atoms with Gasteiger partial charge in [0, 0.05) is 11.1 Å². The minimum atomic E-state index is -1.46. The quantitative estimate of drug-likeness (QED) is 0.0235. The molecule has 0 spiro atoms. The topological polar surface area (TPSA) is 124 Å². The van der Waals surface area contributed by atoms with Crippen molar-refractivity contribution in [1.29, 1.82) is 0 Å². The van der Waals surface area contributed by atoms with Crippen molar-refractivity contribution in [2.24, 2.45) is 0 Å². The fraction of sp³-hybridized carbons (Fsp3) is 0.552. The van der Waals surface area contributed by atoms with E-state index in [1.807, 2.05) is 0 Å². The van der Waals surface area contributed by atoms with E-state index in [0.29, 0.717) is 49.1 Å². The Bertz CT molecular complexity index is 1850. The predicted octanol–water partition coefficient (Wildman–Crippen LogP) is 15.5. The Balaban J connectivity index is 1.19. The fourth-order valence-electron chi connectivity index (χ4n) is 7.62. The molecule has 0 saturated carbocycles. The van der Waals surface area contributed by atoms with Gasteiger partial charge in [-0.1, -0.05) is 154 Å². The van der Waals surface area contributed by atoms with Crippen molar-refractivity contribution in [2.45, 2.75) is 181 Å². The van der Waals surface area contributed by atoms with Crippen LogP contribution in [0.15, 0.2) is 85.0 Å². The van der Waals surface area contributed by atoms with Crippen LogP contribution in [0.25, 0.3) is 0 Å². The number of carbonyl (C=O) groups is 4. The first kappa shape index (κ1) is 58.8. The van der Waals surface area contributed by atoms with Gasteiger partial charge in [0.25, 0.3) is 0 Å². The molecule has 0 aromatic heterocycles. The van der Waals surface area contributed by atoms with E-state index in [2.05, 4.69) is 13.2 Å². The zero-order chi connectivity index (χ0) is 50.6. The van der Waals surface area contributed by atoms with E-state index in [4.69, 9.17) is 28.4 Å². The lowest BCUT2D eigenvalue weighted by Crippen LogP contribution is -2.12. The molecule has 70 heavy (non-hydrogen) atoms. The van der Waals surface area contributed by atoms with Crippen LogP contribution in [0, 0.1) is 11.6 Å². The van der Waals surface area contributed by atoms with Crippen LogP contribution < -0.4 is 18.9 Å². The minimum Gasteiger partial charge on any atom is -0.494 e. The van der Waals surface area contributed by atoms with Crippen LogP contribution in [0.1, 0.15) is 202 Å². The molecule has 0 saturated heterocycles. The lowest BCUT2D eigenvalue weighted by Gasteiger charge is -2.11. The van der Waals surface area contributed by atoms with Gasteiger partial charge in [0.15, 0.2) is 11.5 Å². The number of halogens is 2. The van der Waals surface area contributed by atoms with Gasteiger partial charge >= 0.3 is 23.9 Å². The minimum absolute atomic E-state index is 0.129. The number of benzene rings is 3. The number of hydrogen-bond acceptors (Lipinski definition) is 10. The van der Waals surface area contributed by atoms with Gasteiger partial charge in [0.2, 0.25) is 11.6 Å². The smallest absolute Gasteiger partial charge is 0.343 e. The highest BCUT2D eigenvalue weighted by Gasteiger charge is 2.21. The second-order valence-corrected chi connectivity index (χ2v) is 18.2. The Morgan fingerprint density at radius 1 is 0.371 bits per heavy atom. The van der Waals surface area contributed by atoms with Gasteiger partial charge in [0.1, 0.15) is 11.5 Å². The normalized spacial score (nSPS) is 10.9. The van der Waals surface area contributed by atoms with Crippen molar-refractivity contribution < 1.29 is 56.4 Å². The maximum atomic E-state index is 15.0. The van der Waals surface area contributed by atoms with E-state index in [1.165, 1.54) is 127 Å². The Kier molecular flexibility index (Phi) is 30.6. The van der Waals surface area contributed by atoms with E-state index in [1.54, 1.807) is 38.1 Å². The molecule has 12 heteroatoms. The highest BCUT2D eigenvalue weighted by Crippen LogP contribution is 2.29. The largest absolute Gasteiger partial charge is 0.494 e. The molecule has 3 aromatic carbocycles. The van der Waals surface area contributed by atoms with Gasteiger partial charge in [-0.2, -0.15) is 8.78 Å². The maximum absolute atomic E-state index is 15.0. The van der Waals surface area contributed by atoms with Gasteiger partial charge in [-0.15, -0.1) is 0 Å². The Morgan fingerprint density at radius 2 is 0.614 bits per heavy atom. The van der Waals surface area contributed by atoms with Gasteiger partial charge in [-0.3, -0.25) is 0 Å². The summed E-state index contributed by atoms with van der Waals surface area (Å²) in [5.74, 6) is -5.39. The molecule has 0 aliphatic heterocycles. The first-order chi connectivity index (χ1) is 34.0. The van der Waals surface area contributed by atoms with Gasteiger partial charge in [0.05, 0.1) is 37.6 Å². The third-order valence-electron chi connectivity index (χ3n) is 11.9. The average Bonchev–Trinajstić information content (AvgIpc) is 3.35. The molecular formula is C58H80F2O10. The molecule has 3 aromatic rings. The first-order valence-electron chi connectivity index (χ1n) is 26.0. The molecule has 0 amide bonds. The summed E-state index contributed by atoms with van der Waals surface area (Å²) < 4.78 is 62.2. The molecule has 3 rings (SSSR count).